The molecule has 0 saturated carbocycles. The van der Waals surface area contributed by atoms with E-state index in [4.69, 9.17) is 5.73 Å². The highest BCUT2D eigenvalue weighted by Crippen LogP contribution is 2.34. The monoisotopic (exact) mass is 288 g/mol. The smallest absolute Gasteiger partial charge is 0.330 e. The van der Waals surface area contributed by atoms with Gasteiger partial charge in [-0.3, -0.25) is 4.79 Å². The molecule has 3 nitrogen and oxygen atoms in total. The summed E-state index contributed by atoms with van der Waals surface area (Å²) in [6.45, 7) is 3.97. The summed E-state index contributed by atoms with van der Waals surface area (Å²) in [5, 5.41) is 2.33. The number of alkyl halides is 3. The summed E-state index contributed by atoms with van der Waals surface area (Å²) in [7, 11) is 0. The van der Waals surface area contributed by atoms with E-state index in [1.54, 1.807) is 0 Å². The van der Waals surface area contributed by atoms with Crippen LogP contribution in [0.15, 0.2) is 24.3 Å². The zero-order chi connectivity index (χ0) is 15.3. The lowest BCUT2D eigenvalue weighted by Crippen LogP contribution is -2.31. The quantitative estimate of drug-likeness (QED) is 0.873. The number of hydrogen-bond donors (Lipinski definition) is 2. The number of halogens is 3. The Kier molecular flexibility index (Phi) is 5.56. The molecule has 0 aliphatic heterocycles. The van der Waals surface area contributed by atoms with Gasteiger partial charge in [0.05, 0.1) is 17.2 Å². The van der Waals surface area contributed by atoms with Gasteiger partial charge in [0.15, 0.2) is 0 Å². The maximum atomic E-state index is 12.8. The fourth-order valence-corrected chi connectivity index (χ4v) is 1.95. The van der Waals surface area contributed by atoms with Crippen LogP contribution in [0.1, 0.15) is 25.8 Å². The minimum Gasteiger partial charge on any atom is -0.330 e. The third-order valence-electron chi connectivity index (χ3n) is 2.90. The van der Waals surface area contributed by atoms with Crippen molar-refractivity contribution in [2.45, 2.75) is 26.4 Å². The van der Waals surface area contributed by atoms with Crippen molar-refractivity contribution >= 4 is 11.6 Å². The maximum Gasteiger partial charge on any atom is 0.418 e. The van der Waals surface area contributed by atoms with Crippen LogP contribution in [0.25, 0.3) is 0 Å². The topological polar surface area (TPSA) is 55.1 Å². The first-order valence-electron chi connectivity index (χ1n) is 6.42. The highest BCUT2D eigenvalue weighted by Gasteiger charge is 2.34. The Bertz CT molecular complexity index is 458. The molecular weight excluding hydrogens is 269 g/mol. The summed E-state index contributed by atoms with van der Waals surface area (Å²) in [6, 6.07) is 4.91. The van der Waals surface area contributed by atoms with Crippen molar-refractivity contribution in [2.75, 3.05) is 11.9 Å². The summed E-state index contributed by atoms with van der Waals surface area (Å²) >= 11 is 0. The van der Waals surface area contributed by atoms with Crippen LogP contribution in [0.5, 0.6) is 0 Å². The van der Waals surface area contributed by atoms with Gasteiger partial charge in [0.25, 0.3) is 0 Å². The predicted octanol–water partition coefficient (Wildman–Crippen LogP) is 3.26. The van der Waals surface area contributed by atoms with E-state index in [2.05, 4.69) is 5.32 Å². The summed E-state index contributed by atoms with van der Waals surface area (Å²) < 4.78 is 38.4. The molecule has 0 saturated heterocycles. The normalized spacial score (nSPS) is 13.3. The SMILES string of the molecule is CC(C)CC(CN)C(=O)Nc1ccccc1C(F)(F)F. The van der Waals surface area contributed by atoms with Gasteiger partial charge in [-0.2, -0.15) is 13.2 Å². The molecule has 1 aromatic carbocycles. The molecule has 0 aromatic heterocycles. The van der Waals surface area contributed by atoms with Gasteiger partial charge in [-0.05, 0) is 24.5 Å². The number of amides is 1. The zero-order valence-corrected chi connectivity index (χ0v) is 11.5. The second kappa shape index (κ2) is 6.74. The average Bonchev–Trinajstić information content (AvgIpc) is 2.34. The molecule has 0 aliphatic rings. The summed E-state index contributed by atoms with van der Waals surface area (Å²) in [5.41, 5.74) is 4.43. The van der Waals surface area contributed by atoms with E-state index in [0.29, 0.717) is 6.42 Å². The van der Waals surface area contributed by atoms with Crippen molar-refractivity contribution in [1.29, 1.82) is 0 Å². The van der Waals surface area contributed by atoms with Gasteiger partial charge in [-0.15, -0.1) is 0 Å². The molecule has 0 heterocycles. The Hall–Kier alpha value is -1.56. The maximum absolute atomic E-state index is 12.8. The third-order valence-corrected chi connectivity index (χ3v) is 2.90. The molecular formula is C14H19F3N2O. The lowest BCUT2D eigenvalue weighted by Gasteiger charge is -2.19. The molecule has 1 amide bonds. The molecule has 1 rings (SSSR count). The first-order valence-corrected chi connectivity index (χ1v) is 6.42. The molecule has 0 aliphatic carbocycles. The van der Waals surface area contributed by atoms with Crippen molar-refractivity contribution < 1.29 is 18.0 Å². The Labute approximate surface area is 116 Å². The molecule has 20 heavy (non-hydrogen) atoms. The number of hydrogen-bond acceptors (Lipinski definition) is 2. The fraction of sp³-hybridized carbons (Fsp3) is 0.500. The summed E-state index contributed by atoms with van der Waals surface area (Å²) in [6.07, 6.45) is -3.96. The van der Waals surface area contributed by atoms with Crippen molar-refractivity contribution in [3.63, 3.8) is 0 Å². The first-order chi connectivity index (χ1) is 9.25. The number of nitrogens with one attached hydrogen (secondary N) is 1. The van der Waals surface area contributed by atoms with Gasteiger partial charge < -0.3 is 11.1 Å². The number of rotatable bonds is 5. The van der Waals surface area contributed by atoms with E-state index in [9.17, 15) is 18.0 Å². The van der Waals surface area contributed by atoms with E-state index in [-0.39, 0.29) is 18.2 Å². The molecule has 0 spiro atoms. The Morgan fingerprint density at radius 3 is 2.40 bits per heavy atom. The second-order valence-corrected chi connectivity index (χ2v) is 5.09. The number of nitrogens with two attached hydrogens (primary N) is 1. The standard InChI is InChI=1S/C14H19F3N2O/c1-9(2)7-10(8-18)13(20)19-12-6-4-3-5-11(12)14(15,16)17/h3-6,9-10H,7-8,18H2,1-2H3,(H,19,20). The lowest BCUT2D eigenvalue weighted by molar-refractivity contribution is -0.137. The van der Waals surface area contributed by atoms with Gasteiger partial charge >= 0.3 is 6.18 Å². The van der Waals surface area contributed by atoms with E-state index < -0.39 is 23.6 Å². The first kappa shape index (κ1) is 16.5. The molecule has 1 unspecified atom stereocenters. The van der Waals surface area contributed by atoms with Crippen LogP contribution in [0.4, 0.5) is 18.9 Å². The van der Waals surface area contributed by atoms with Crippen LogP contribution in [-0.4, -0.2) is 12.5 Å². The van der Waals surface area contributed by atoms with Gasteiger partial charge in [0.1, 0.15) is 0 Å². The van der Waals surface area contributed by atoms with Gasteiger partial charge in [0, 0.05) is 6.54 Å². The molecule has 6 heteroatoms. The van der Waals surface area contributed by atoms with Crippen LogP contribution in [0, 0.1) is 11.8 Å². The second-order valence-electron chi connectivity index (χ2n) is 5.09. The zero-order valence-electron chi connectivity index (χ0n) is 11.5. The molecule has 1 atom stereocenters. The molecule has 0 bridgehead atoms. The molecule has 112 valence electrons. The number of para-hydroxylation sites is 1. The van der Waals surface area contributed by atoms with Crippen molar-refractivity contribution in [2.24, 2.45) is 17.6 Å². The van der Waals surface area contributed by atoms with Crippen molar-refractivity contribution in [3.8, 4) is 0 Å². The van der Waals surface area contributed by atoms with Crippen molar-refractivity contribution in [3.05, 3.63) is 29.8 Å². The Balaban J connectivity index is 2.90. The highest BCUT2D eigenvalue weighted by atomic mass is 19.4. The van der Waals surface area contributed by atoms with Gasteiger partial charge in [-0.1, -0.05) is 26.0 Å². The largest absolute Gasteiger partial charge is 0.418 e. The van der Waals surface area contributed by atoms with Crippen LogP contribution >= 0.6 is 0 Å². The number of benzene rings is 1. The summed E-state index contributed by atoms with van der Waals surface area (Å²) in [5.74, 6) is -0.721. The van der Waals surface area contributed by atoms with Crippen LogP contribution in [-0.2, 0) is 11.0 Å². The average molecular weight is 288 g/mol. The lowest BCUT2D eigenvalue weighted by atomic mass is 9.96. The third kappa shape index (κ3) is 4.52. The van der Waals surface area contributed by atoms with Crippen LogP contribution < -0.4 is 11.1 Å². The predicted molar refractivity (Wildman–Crippen MR) is 72.1 cm³/mol. The van der Waals surface area contributed by atoms with E-state index in [1.165, 1.54) is 18.2 Å². The molecule has 1 aromatic rings. The minimum atomic E-state index is -4.50. The number of anilines is 1. The molecule has 0 radical (unpaired) electrons. The van der Waals surface area contributed by atoms with Crippen LogP contribution in [0.3, 0.4) is 0 Å². The minimum absolute atomic E-state index is 0.109. The van der Waals surface area contributed by atoms with Crippen molar-refractivity contribution in [1.82, 2.24) is 0 Å². The van der Waals surface area contributed by atoms with Gasteiger partial charge in [-0.25, -0.2) is 0 Å². The Morgan fingerprint density at radius 1 is 1.30 bits per heavy atom. The van der Waals surface area contributed by atoms with E-state index >= 15 is 0 Å². The summed E-state index contributed by atoms with van der Waals surface area (Å²) in [4.78, 5) is 12.0. The Morgan fingerprint density at radius 2 is 1.90 bits per heavy atom. The molecule has 3 N–H and O–H groups in total. The van der Waals surface area contributed by atoms with Gasteiger partial charge in [0.2, 0.25) is 5.91 Å². The van der Waals surface area contributed by atoms with E-state index in [1.807, 2.05) is 13.8 Å². The highest BCUT2D eigenvalue weighted by molar-refractivity contribution is 5.93. The van der Waals surface area contributed by atoms with E-state index in [0.717, 1.165) is 6.07 Å². The molecule has 0 fully saturated rings. The number of carbonyl (C=O) groups excluding carboxylic acids is 1. The fourth-order valence-electron chi connectivity index (χ4n) is 1.95. The number of carbonyl (C=O) groups is 1. The van der Waals surface area contributed by atoms with Crippen LogP contribution in [0.2, 0.25) is 0 Å².